The van der Waals surface area contributed by atoms with Crippen molar-refractivity contribution in [2.75, 3.05) is 0 Å². The summed E-state index contributed by atoms with van der Waals surface area (Å²) in [4.78, 5) is 0. The van der Waals surface area contributed by atoms with Crippen LogP contribution in [0.1, 0.15) is 39.5 Å². The first kappa shape index (κ1) is 10.9. The van der Waals surface area contributed by atoms with E-state index in [2.05, 4.69) is 0 Å². The molecule has 1 N–H and O–H groups in total. The van der Waals surface area contributed by atoms with Crippen LogP contribution in [-0.2, 0) is 14.6 Å². The van der Waals surface area contributed by atoms with E-state index in [1.165, 1.54) is 0 Å². The van der Waals surface area contributed by atoms with E-state index in [-0.39, 0.29) is 5.92 Å². The van der Waals surface area contributed by atoms with Gasteiger partial charge >= 0.3 is 10.4 Å². The summed E-state index contributed by atoms with van der Waals surface area (Å²) < 4.78 is 34.5. The van der Waals surface area contributed by atoms with Gasteiger partial charge in [0.2, 0.25) is 0 Å². The summed E-state index contributed by atoms with van der Waals surface area (Å²) in [6, 6.07) is 0. The third-order valence-electron chi connectivity index (χ3n) is 2.90. The predicted molar refractivity (Wildman–Crippen MR) is 48.7 cm³/mol. The van der Waals surface area contributed by atoms with Gasteiger partial charge in [0, 0.05) is 0 Å². The molecule has 2 atom stereocenters. The highest BCUT2D eigenvalue weighted by Crippen LogP contribution is 2.37. The molecule has 0 amide bonds. The van der Waals surface area contributed by atoms with Crippen molar-refractivity contribution in [1.82, 2.24) is 0 Å². The van der Waals surface area contributed by atoms with Crippen molar-refractivity contribution in [3.63, 3.8) is 0 Å². The van der Waals surface area contributed by atoms with Crippen LogP contribution in [0.3, 0.4) is 0 Å². The summed E-state index contributed by atoms with van der Waals surface area (Å²) in [5.74, 6) is 0.170. The van der Waals surface area contributed by atoms with Gasteiger partial charge < -0.3 is 0 Å². The molecule has 1 aliphatic carbocycles. The minimum absolute atomic E-state index is 0.170. The minimum atomic E-state index is -4.32. The first-order valence-electron chi connectivity index (χ1n) is 4.51. The van der Waals surface area contributed by atoms with Crippen molar-refractivity contribution in [2.45, 2.75) is 45.1 Å². The lowest BCUT2D eigenvalue weighted by Crippen LogP contribution is -2.40. The normalized spacial score (nSPS) is 36.1. The van der Waals surface area contributed by atoms with Crippen molar-refractivity contribution in [2.24, 2.45) is 5.92 Å². The van der Waals surface area contributed by atoms with Crippen LogP contribution in [-0.4, -0.2) is 18.6 Å². The van der Waals surface area contributed by atoms with E-state index in [0.29, 0.717) is 6.42 Å². The van der Waals surface area contributed by atoms with Crippen LogP contribution in [0.25, 0.3) is 0 Å². The highest BCUT2D eigenvalue weighted by Gasteiger charge is 2.38. The zero-order valence-corrected chi connectivity index (χ0v) is 8.80. The Bertz CT molecular complexity index is 272. The van der Waals surface area contributed by atoms with Crippen LogP contribution in [0.2, 0.25) is 0 Å². The van der Waals surface area contributed by atoms with Crippen LogP contribution in [0.4, 0.5) is 0 Å². The summed E-state index contributed by atoms with van der Waals surface area (Å²) in [7, 11) is -4.32. The van der Waals surface area contributed by atoms with Gasteiger partial charge in [0.05, 0.1) is 5.60 Å². The molecule has 13 heavy (non-hydrogen) atoms. The van der Waals surface area contributed by atoms with E-state index < -0.39 is 16.0 Å². The Morgan fingerprint density at radius 1 is 1.46 bits per heavy atom. The molecule has 0 heterocycles. The average Bonchev–Trinajstić information content (AvgIpc) is 1.92. The Balaban J connectivity index is 2.73. The average molecular weight is 208 g/mol. The van der Waals surface area contributed by atoms with E-state index in [9.17, 15) is 8.42 Å². The molecular formula is C8H16O4S. The third kappa shape index (κ3) is 2.93. The van der Waals surface area contributed by atoms with Gasteiger partial charge in [0.25, 0.3) is 0 Å². The Labute approximate surface area is 79.2 Å². The molecular weight excluding hydrogens is 192 g/mol. The molecule has 4 nitrogen and oxygen atoms in total. The number of hydrogen-bond donors (Lipinski definition) is 1. The van der Waals surface area contributed by atoms with Gasteiger partial charge in [-0.05, 0) is 25.7 Å². The molecule has 0 bridgehead atoms. The SMILES string of the molecule is CC1CCCCC1(C)OS(=O)(=O)O. The zero-order valence-electron chi connectivity index (χ0n) is 7.99. The molecule has 0 aliphatic heterocycles. The fraction of sp³-hybridized carbons (Fsp3) is 1.00. The topological polar surface area (TPSA) is 63.6 Å². The molecule has 78 valence electrons. The molecule has 1 aliphatic rings. The molecule has 1 fully saturated rings. The Hall–Kier alpha value is -0.130. The first-order chi connectivity index (χ1) is 5.83. The maximum absolute atomic E-state index is 10.6. The van der Waals surface area contributed by atoms with E-state index in [1.807, 2.05) is 6.92 Å². The number of hydrogen-bond acceptors (Lipinski definition) is 3. The van der Waals surface area contributed by atoms with Crippen LogP contribution in [0, 0.1) is 5.92 Å². The Kier molecular flexibility index (Phi) is 2.99. The fourth-order valence-electron chi connectivity index (χ4n) is 1.84. The van der Waals surface area contributed by atoms with Crippen molar-refractivity contribution >= 4 is 10.4 Å². The molecule has 0 radical (unpaired) electrons. The summed E-state index contributed by atoms with van der Waals surface area (Å²) in [5, 5.41) is 0. The van der Waals surface area contributed by atoms with Crippen LogP contribution < -0.4 is 0 Å². The van der Waals surface area contributed by atoms with Crippen LogP contribution >= 0.6 is 0 Å². The largest absolute Gasteiger partial charge is 0.397 e. The van der Waals surface area contributed by atoms with Crippen molar-refractivity contribution < 1.29 is 17.2 Å². The summed E-state index contributed by atoms with van der Waals surface area (Å²) in [6.07, 6.45) is 3.70. The van der Waals surface area contributed by atoms with Gasteiger partial charge in [0.15, 0.2) is 0 Å². The summed E-state index contributed by atoms with van der Waals surface area (Å²) >= 11 is 0. The second-order valence-corrected chi connectivity index (χ2v) is 4.99. The van der Waals surface area contributed by atoms with E-state index >= 15 is 0 Å². The lowest BCUT2D eigenvalue weighted by Gasteiger charge is -2.37. The van der Waals surface area contributed by atoms with Crippen molar-refractivity contribution in [3.8, 4) is 0 Å². The maximum atomic E-state index is 10.6. The van der Waals surface area contributed by atoms with Gasteiger partial charge in [-0.3, -0.25) is 4.55 Å². The third-order valence-corrected chi connectivity index (χ3v) is 3.49. The van der Waals surface area contributed by atoms with Crippen LogP contribution in [0.15, 0.2) is 0 Å². The second kappa shape index (κ2) is 3.55. The van der Waals surface area contributed by atoms with Gasteiger partial charge in [-0.15, -0.1) is 0 Å². The van der Waals surface area contributed by atoms with Crippen molar-refractivity contribution in [1.29, 1.82) is 0 Å². The predicted octanol–water partition coefficient (Wildman–Crippen LogP) is 1.77. The molecule has 2 unspecified atom stereocenters. The number of rotatable bonds is 2. The van der Waals surface area contributed by atoms with Gasteiger partial charge in [-0.1, -0.05) is 19.8 Å². The smallest absolute Gasteiger partial charge is 0.264 e. The molecule has 0 aromatic heterocycles. The van der Waals surface area contributed by atoms with Crippen molar-refractivity contribution in [3.05, 3.63) is 0 Å². The quantitative estimate of drug-likeness (QED) is 0.702. The minimum Gasteiger partial charge on any atom is -0.264 e. The molecule has 0 aromatic rings. The molecule has 0 aromatic carbocycles. The highest BCUT2D eigenvalue weighted by atomic mass is 32.3. The standard InChI is InChI=1S/C8H16O4S/c1-7-5-3-4-6-8(7,2)12-13(9,10)11/h7H,3-6H2,1-2H3,(H,9,10,11). The monoisotopic (exact) mass is 208 g/mol. The first-order valence-corrected chi connectivity index (χ1v) is 5.88. The Morgan fingerprint density at radius 2 is 2.08 bits per heavy atom. The highest BCUT2D eigenvalue weighted by molar-refractivity contribution is 7.80. The summed E-state index contributed by atoms with van der Waals surface area (Å²) in [5.41, 5.74) is -0.716. The molecule has 1 saturated carbocycles. The Morgan fingerprint density at radius 3 is 2.54 bits per heavy atom. The molecule has 5 heteroatoms. The fourth-order valence-corrected chi connectivity index (χ4v) is 2.57. The maximum Gasteiger partial charge on any atom is 0.397 e. The lowest BCUT2D eigenvalue weighted by atomic mass is 9.78. The second-order valence-electron chi connectivity index (χ2n) is 3.97. The van der Waals surface area contributed by atoms with E-state index in [0.717, 1.165) is 19.3 Å². The van der Waals surface area contributed by atoms with Gasteiger partial charge in [-0.2, -0.15) is 8.42 Å². The molecule has 0 saturated heterocycles. The van der Waals surface area contributed by atoms with E-state index in [1.54, 1.807) is 6.92 Å². The summed E-state index contributed by atoms with van der Waals surface area (Å²) in [6.45, 7) is 3.69. The molecule has 1 rings (SSSR count). The van der Waals surface area contributed by atoms with Gasteiger partial charge in [-0.25, -0.2) is 4.18 Å². The lowest BCUT2D eigenvalue weighted by molar-refractivity contribution is -0.00260. The molecule has 0 spiro atoms. The zero-order chi connectivity index (χ0) is 10.1. The van der Waals surface area contributed by atoms with Crippen LogP contribution in [0.5, 0.6) is 0 Å². The van der Waals surface area contributed by atoms with Gasteiger partial charge in [0.1, 0.15) is 0 Å². The van der Waals surface area contributed by atoms with E-state index in [4.69, 9.17) is 8.74 Å².